The summed E-state index contributed by atoms with van der Waals surface area (Å²) in [5, 5.41) is 2.61. The number of nitrogens with zero attached hydrogens (tertiary/aromatic N) is 1. The number of hydrogen-bond donors (Lipinski definition) is 3. The molecule has 0 saturated heterocycles. The fraction of sp³-hybridized carbons (Fsp3) is 0.395. The predicted octanol–water partition coefficient (Wildman–Crippen LogP) is 8.58. The fourth-order valence-electron chi connectivity index (χ4n) is 5.98. The van der Waals surface area contributed by atoms with Crippen molar-refractivity contribution in [2.75, 3.05) is 42.1 Å². The van der Waals surface area contributed by atoms with E-state index in [0.29, 0.717) is 42.3 Å². The van der Waals surface area contributed by atoms with Crippen LogP contribution >= 0.6 is 0 Å². The molecule has 4 N–H and O–H groups in total. The lowest BCUT2D eigenvalue weighted by Gasteiger charge is -2.22. The molecular weight excluding hydrogens is 701 g/mol. The van der Waals surface area contributed by atoms with Gasteiger partial charge < -0.3 is 20.5 Å². The monoisotopic (exact) mass is 756 g/mol. The van der Waals surface area contributed by atoms with E-state index in [1.54, 1.807) is 18.2 Å². The summed E-state index contributed by atoms with van der Waals surface area (Å²) in [5.41, 5.74) is 10.2. The Labute approximate surface area is 321 Å². The van der Waals surface area contributed by atoms with Gasteiger partial charge in [0.1, 0.15) is 12.4 Å². The highest BCUT2D eigenvalue weighted by atomic mass is 32.2. The van der Waals surface area contributed by atoms with Gasteiger partial charge in [0.05, 0.1) is 18.0 Å². The molecule has 4 aromatic carbocycles. The number of amides is 2. The standard InChI is InChI=1S/C43H56N4O6S/c1-2-3-30-54(50,51)46-39-24-21-35(22-25-39)16-12-15-29-52-28-14-5-4-13-27-47(32-36-17-8-6-9-18-36)33-41(48)38-23-26-42(40(31-38)45-43(44)49)53-34-37-19-10-7-11-20-37/h6-11,17-26,31,46H,2-5,12-16,27-30,32-34H2,1H3,(H3,44,45,49). The first-order valence-corrected chi connectivity index (χ1v) is 20.7. The van der Waals surface area contributed by atoms with Crippen LogP contribution in [0.1, 0.15) is 85.3 Å². The number of ketones is 1. The van der Waals surface area contributed by atoms with Crippen LogP contribution in [0.5, 0.6) is 5.75 Å². The topological polar surface area (TPSA) is 140 Å². The zero-order chi connectivity index (χ0) is 38.4. The first-order chi connectivity index (χ1) is 26.2. The quantitative estimate of drug-likeness (QED) is 0.0431. The molecule has 0 bridgehead atoms. The van der Waals surface area contributed by atoms with E-state index in [2.05, 4.69) is 27.1 Å². The molecule has 0 unspecified atom stereocenters. The molecule has 0 fully saturated rings. The average molecular weight is 757 g/mol. The van der Waals surface area contributed by atoms with E-state index in [1.165, 1.54) is 5.56 Å². The van der Waals surface area contributed by atoms with Gasteiger partial charge in [0.15, 0.2) is 5.78 Å². The summed E-state index contributed by atoms with van der Waals surface area (Å²) < 4.78 is 38.7. The number of hydrogen-bond acceptors (Lipinski definition) is 7. The third-order valence-corrected chi connectivity index (χ3v) is 10.3. The first-order valence-electron chi connectivity index (χ1n) is 19.0. The minimum absolute atomic E-state index is 0.0521. The number of rotatable bonds is 26. The van der Waals surface area contributed by atoms with Crippen LogP contribution < -0.4 is 20.5 Å². The molecule has 0 radical (unpaired) electrons. The lowest BCUT2D eigenvalue weighted by atomic mass is 10.1. The van der Waals surface area contributed by atoms with Crippen LogP contribution in [0.15, 0.2) is 103 Å². The van der Waals surface area contributed by atoms with Crippen LogP contribution in [0.25, 0.3) is 0 Å². The number of carbonyl (C=O) groups excluding carboxylic acids is 2. The minimum Gasteiger partial charge on any atom is -0.487 e. The van der Waals surface area contributed by atoms with Gasteiger partial charge in [-0.2, -0.15) is 0 Å². The normalized spacial score (nSPS) is 11.4. The molecule has 10 nitrogen and oxygen atoms in total. The zero-order valence-corrected chi connectivity index (χ0v) is 32.3. The molecule has 0 aliphatic rings. The van der Waals surface area contributed by atoms with Gasteiger partial charge in [-0.1, -0.05) is 99.0 Å². The fourth-order valence-corrected chi connectivity index (χ4v) is 7.24. The average Bonchev–Trinajstić information content (AvgIpc) is 3.16. The molecule has 0 aliphatic heterocycles. The Morgan fingerprint density at radius 2 is 1.41 bits per heavy atom. The van der Waals surface area contributed by atoms with Gasteiger partial charge in [-0.25, -0.2) is 13.2 Å². The van der Waals surface area contributed by atoms with E-state index in [0.717, 1.165) is 82.3 Å². The number of benzene rings is 4. The smallest absolute Gasteiger partial charge is 0.316 e. The van der Waals surface area contributed by atoms with Gasteiger partial charge in [0, 0.05) is 31.0 Å². The maximum absolute atomic E-state index is 13.6. The molecule has 0 spiro atoms. The highest BCUT2D eigenvalue weighted by molar-refractivity contribution is 7.92. The second-order valence-electron chi connectivity index (χ2n) is 13.5. The Bertz CT molecular complexity index is 1810. The van der Waals surface area contributed by atoms with Crippen molar-refractivity contribution in [2.45, 2.75) is 77.9 Å². The maximum atomic E-state index is 13.6. The van der Waals surface area contributed by atoms with Crippen LogP contribution in [-0.2, 0) is 34.3 Å². The molecule has 4 aromatic rings. The van der Waals surface area contributed by atoms with E-state index in [1.807, 2.05) is 79.7 Å². The molecular formula is C43H56N4O6S. The second-order valence-corrected chi connectivity index (χ2v) is 15.4. The molecule has 0 aromatic heterocycles. The van der Waals surface area contributed by atoms with Crippen molar-refractivity contribution in [2.24, 2.45) is 5.73 Å². The highest BCUT2D eigenvalue weighted by Gasteiger charge is 2.17. The van der Waals surface area contributed by atoms with Crippen molar-refractivity contribution in [1.82, 2.24) is 4.90 Å². The summed E-state index contributed by atoms with van der Waals surface area (Å²) in [7, 11) is -3.29. The van der Waals surface area contributed by atoms with Gasteiger partial charge >= 0.3 is 6.03 Å². The van der Waals surface area contributed by atoms with Gasteiger partial charge in [0.25, 0.3) is 0 Å². The van der Waals surface area contributed by atoms with Gasteiger partial charge in [-0.15, -0.1) is 0 Å². The summed E-state index contributed by atoms with van der Waals surface area (Å²) in [4.78, 5) is 27.5. The third kappa shape index (κ3) is 16.1. The van der Waals surface area contributed by atoms with Gasteiger partial charge in [-0.3, -0.25) is 14.4 Å². The van der Waals surface area contributed by atoms with E-state index >= 15 is 0 Å². The van der Waals surface area contributed by atoms with Crippen LogP contribution in [0.2, 0.25) is 0 Å². The lowest BCUT2D eigenvalue weighted by Crippen LogP contribution is -2.30. The molecule has 0 heterocycles. The number of urea groups is 1. The number of sulfonamides is 1. The minimum atomic E-state index is -3.29. The summed E-state index contributed by atoms with van der Waals surface area (Å²) in [5.74, 6) is 0.532. The summed E-state index contributed by atoms with van der Waals surface area (Å²) in [6.45, 7) is 5.40. The molecule has 0 saturated carbocycles. The molecule has 0 atom stereocenters. The Morgan fingerprint density at radius 1 is 0.741 bits per heavy atom. The van der Waals surface area contributed by atoms with E-state index < -0.39 is 16.1 Å². The third-order valence-electron chi connectivity index (χ3n) is 8.92. The second kappa shape index (κ2) is 23.2. The van der Waals surface area contributed by atoms with Crippen LogP contribution in [0, 0.1) is 0 Å². The van der Waals surface area contributed by atoms with Crippen molar-refractivity contribution >= 4 is 33.2 Å². The van der Waals surface area contributed by atoms with Gasteiger partial charge in [-0.05, 0) is 92.1 Å². The molecule has 4 rings (SSSR count). The number of primary amides is 1. The van der Waals surface area contributed by atoms with Crippen LogP contribution in [0.3, 0.4) is 0 Å². The number of carbonyl (C=O) groups is 2. The maximum Gasteiger partial charge on any atom is 0.316 e. The Kier molecular flexibility index (Phi) is 18.0. The van der Waals surface area contributed by atoms with E-state index in [9.17, 15) is 18.0 Å². The summed E-state index contributed by atoms with van der Waals surface area (Å²) >= 11 is 0. The number of nitrogens with one attached hydrogen (secondary N) is 2. The van der Waals surface area contributed by atoms with Crippen molar-refractivity contribution in [1.29, 1.82) is 0 Å². The number of ether oxygens (including phenoxy) is 2. The number of aryl methyl sites for hydroxylation is 1. The largest absolute Gasteiger partial charge is 0.487 e. The van der Waals surface area contributed by atoms with E-state index in [4.69, 9.17) is 15.2 Å². The van der Waals surface area contributed by atoms with Crippen molar-refractivity contribution in [3.05, 3.63) is 125 Å². The molecule has 11 heteroatoms. The molecule has 0 aliphatic carbocycles. The summed E-state index contributed by atoms with van der Waals surface area (Å²) in [6, 6.07) is 31.8. The SMILES string of the molecule is CCCCS(=O)(=O)Nc1ccc(CCCCOCCCCCCN(CC(=O)c2ccc(OCc3ccccc3)c(NC(N)=O)c2)Cc2ccccc2)cc1. The van der Waals surface area contributed by atoms with Crippen LogP contribution in [0.4, 0.5) is 16.2 Å². The highest BCUT2D eigenvalue weighted by Crippen LogP contribution is 2.27. The van der Waals surface area contributed by atoms with E-state index in [-0.39, 0.29) is 18.1 Å². The Morgan fingerprint density at radius 3 is 2.09 bits per heavy atom. The number of unbranched alkanes of at least 4 members (excludes halogenated alkanes) is 5. The first kappa shape index (κ1) is 42.0. The number of anilines is 2. The molecule has 2 amide bonds. The number of Topliss-reactive ketones (excluding diaryl/α,β-unsaturated/α-hetero) is 1. The predicted molar refractivity (Wildman–Crippen MR) is 217 cm³/mol. The van der Waals surface area contributed by atoms with Crippen molar-refractivity contribution < 1.29 is 27.5 Å². The lowest BCUT2D eigenvalue weighted by molar-refractivity contribution is 0.0923. The Balaban J connectivity index is 1.16. The molecule has 290 valence electrons. The molecule has 54 heavy (non-hydrogen) atoms. The summed E-state index contributed by atoms with van der Waals surface area (Å²) in [6.07, 6.45) is 8.43. The zero-order valence-electron chi connectivity index (χ0n) is 31.5. The van der Waals surface area contributed by atoms with Gasteiger partial charge in [0.2, 0.25) is 10.0 Å². The van der Waals surface area contributed by atoms with Crippen LogP contribution in [-0.4, -0.2) is 57.2 Å². The van der Waals surface area contributed by atoms with Crippen molar-refractivity contribution in [3.8, 4) is 5.75 Å². The number of nitrogens with two attached hydrogens (primary N) is 1. The Hall–Kier alpha value is -4.71. The van der Waals surface area contributed by atoms with Crippen molar-refractivity contribution in [3.63, 3.8) is 0 Å².